The van der Waals surface area contributed by atoms with Gasteiger partial charge in [0.05, 0.1) is 18.3 Å². The lowest BCUT2D eigenvalue weighted by Crippen LogP contribution is -2.15. The molecule has 0 bridgehead atoms. The van der Waals surface area contributed by atoms with E-state index in [0.29, 0.717) is 21.3 Å². The monoisotopic (exact) mass is 408 g/mol. The Balaban J connectivity index is 1.70. The first kappa shape index (κ1) is 19.0. The second-order valence-corrected chi connectivity index (χ2v) is 6.32. The van der Waals surface area contributed by atoms with E-state index in [1.807, 2.05) is 0 Å². The van der Waals surface area contributed by atoms with Gasteiger partial charge in [-0.05, 0) is 29.8 Å². The van der Waals surface area contributed by atoms with E-state index in [2.05, 4.69) is 20.8 Å². The minimum atomic E-state index is -0.992. The van der Waals surface area contributed by atoms with Crippen LogP contribution >= 0.6 is 23.2 Å². The van der Waals surface area contributed by atoms with Crippen LogP contribution in [-0.4, -0.2) is 16.1 Å². The summed E-state index contributed by atoms with van der Waals surface area (Å²) in [6.07, 6.45) is 1.33. The summed E-state index contributed by atoms with van der Waals surface area (Å²) in [5, 5.41) is 13.8. The number of hydrogen-bond donors (Lipinski definition) is 2. The van der Waals surface area contributed by atoms with Crippen LogP contribution in [0.5, 0.6) is 0 Å². The summed E-state index contributed by atoms with van der Waals surface area (Å²) in [6.45, 7) is 0. The summed E-state index contributed by atoms with van der Waals surface area (Å²) in [4.78, 5) is 12.2. The summed E-state index contributed by atoms with van der Waals surface area (Å²) >= 11 is 12.1. The largest absolute Gasteiger partial charge is 0.339 e. The van der Waals surface area contributed by atoms with Crippen LogP contribution in [0.25, 0.3) is 0 Å². The van der Waals surface area contributed by atoms with Gasteiger partial charge in [0.1, 0.15) is 0 Å². The number of anilines is 3. The summed E-state index contributed by atoms with van der Waals surface area (Å²) in [5.41, 5.74) is 1.17. The van der Waals surface area contributed by atoms with Gasteiger partial charge in [-0.2, -0.15) is 5.10 Å². The highest BCUT2D eigenvalue weighted by Crippen LogP contribution is 2.25. The summed E-state index contributed by atoms with van der Waals surface area (Å²) < 4.78 is 26.3. The molecule has 0 aliphatic rings. The highest BCUT2D eigenvalue weighted by molar-refractivity contribution is 6.36. The van der Waals surface area contributed by atoms with Crippen LogP contribution in [0.3, 0.4) is 0 Å². The molecule has 0 spiro atoms. The van der Waals surface area contributed by atoms with Gasteiger partial charge in [0.15, 0.2) is 17.5 Å². The average molecular weight is 409 g/mol. The lowest BCUT2D eigenvalue weighted by Gasteiger charge is -2.09. The fraction of sp³-hybridized carbons (Fsp3) is 0.0556. The van der Waals surface area contributed by atoms with Gasteiger partial charge in [0.2, 0.25) is 5.91 Å². The number of hydrogen-bond acceptors (Lipinski definition) is 4. The van der Waals surface area contributed by atoms with Gasteiger partial charge < -0.3 is 10.6 Å². The van der Waals surface area contributed by atoms with Gasteiger partial charge in [-0.15, -0.1) is 5.10 Å². The van der Waals surface area contributed by atoms with Crippen LogP contribution in [0.4, 0.5) is 26.0 Å². The quantitative estimate of drug-likeness (QED) is 0.624. The molecule has 0 radical (unpaired) electrons. The third-order valence-electron chi connectivity index (χ3n) is 3.53. The lowest BCUT2D eigenvalue weighted by atomic mass is 10.1. The third kappa shape index (κ3) is 4.90. The number of nitrogens with zero attached hydrogens (tertiary/aromatic N) is 2. The van der Waals surface area contributed by atoms with Crippen molar-refractivity contribution in [1.29, 1.82) is 0 Å². The number of carbonyl (C=O) groups excluding carboxylic acids is 1. The number of rotatable bonds is 5. The van der Waals surface area contributed by atoms with Gasteiger partial charge in [-0.3, -0.25) is 4.79 Å². The van der Waals surface area contributed by atoms with Crippen molar-refractivity contribution in [2.75, 3.05) is 10.6 Å². The van der Waals surface area contributed by atoms with E-state index < -0.39 is 11.6 Å². The molecule has 2 N–H and O–H groups in total. The van der Waals surface area contributed by atoms with E-state index in [-0.39, 0.29) is 23.8 Å². The second kappa shape index (κ2) is 8.28. The lowest BCUT2D eigenvalue weighted by molar-refractivity contribution is -0.115. The maximum absolute atomic E-state index is 13.3. The first-order valence-electron chi connectivity index (χ1n) is 7.70. The van der Waals surface area contributed by atoms with Gasteiger partial charge in [0, 0.05) is 27.9 Å². The molecule has 3 aromatic rings. The molecule has 1 aromatic heterocycles. The summed E-state index contributed by atoms with van der Waals surface area (Å²) in [6, 6.07) is 9.81. The predicted octanol–water partition coefficient (Wildman–Crippen LogP) is 4.99. The van der Waals surface area contributed by atoms with Crippen LogP contribution in [0.15, 0.2) is 48.7 Å². The molecule has 138 valence electrons. The van der Waals surface area contributed by atoms with Crippen molar-refractivity contribution < 1.29 is 13.6 Å². The number of halogens is 4. The number of amides is 1. The Morgan fingerprint density at radius 2 is 1.74 bits per heavy atom. The molecule has 1 heterocycles. The molecule has 2 aromatic carbocycles. The smallest absolute Gasteiger partial charge is 0.228 e. The SMILES string of the molecule is O=C(Cc1c(Cl)cccc1Cl)Nc1cnnc(Nc2ccc(F)c(F)c2)c1. The molecule has 0 fully saturated rings. The molecule has 0 unspecified atom stereocenters. The Bertz CT molecular complexity index is 981. The molecule has 27 heavy (non-hydrogen) atoms. The predicted molar refractivity (Wildman–Crippen MR) is 100 cm³/mol. The summed E-state index contributed by atoms with van der Waals surface area (Å²) in [7, 11) is 0. The maximum Gasteiger partial charge on any atom is 0.228 e. The van der Waals surface area contributed by atoms with Crippen LogP contribution in [0.1, 0.15) is 5.56 Å². The molecule has 0 saturated carbocycles. The van der Waals surface area contributed by atoms with Crippen LogP contribution in [-0.2, 0) is 11.2 Å². The fourth-order valence-corrected chi connectivity index (χ4v) is 2.82. The molecule has 3 rings (SSSR count). The Kier molecular flexibility index (Phi) is 5.83. The minimum absolute atomic E-state index is 0.0211. The highest BCUT2D eigenvalue weighted by atomic mass is 35.5. The van der Waals surface area contributed by atoms with Crippen LogP contribution in [0, 0.1) is 11.6 Å². The van der Waals surface area contributed by atoms with Crippen molar-refractivity contribution in [2.24, 2.45) is 0 Å². The first-order chi connectivity index (χ1) is 12.9. The molecule has 0 atom stereocenters. The van der Waals surface area contributed by atoms with E-state index in [9.17, 15) is 13.6 Å². The van der Waals surface area contributed by atoms with Gasteiger partial charge in [0.25, 0.3) is 0 Å². The van der Waals surface area contributed by atoms with Crippen molar-refractivity contribution in [3.05, 3.63) is 75.9 Å². The normalized spacial score (nSPS) is 10.5. The number of benzene rings is 2. The molecule has 1 amide bonds. The number of aromatic nitrogens is 2. The molecule has 5 nitrogen and oxygen atoms in total. The Labute approximate surface area is 163 Å². The van der Waals surface area contributed by atoms with Gasteiger partial charge >= 0.3 is 0 Å². The highest BCUT2D eigenvalue weighted by Gasteiger charge is 2.12. The van der Waals surface area contributed by atoms with Crippen molar-refractivity contribution in [1.82, 2.24) is 10.2 Å². The fourth-order valence-electron chi connectivity index (χ4n) is 2.28. The Morgan fingerprint density at radius 3 is 2.44 bits per heavy atom. The van der Waals surface area contributed by atoms with Crippen molar-refractivity contribution >= 4 is 46.3 Å². The second-order valence-electron chi connectivity index (χ2n) is 5.51. The summed E-state index contributed by atoms with van der Waals surface area (Å²) in [5.74, 6) is -2.05. The maximum atomic E-state index is 13.3. The van der Waals surface area contributed by atoms with E-state index >= 15 is 0 Å². The Morgan fingerprint density at radius 1 is 1.00 bits per heavy atom. The van der Waals surface area contributed by atoms with Crippen LogP contribution in [0.2, 0.25) is 10.0 Å². The van der Waals surface area contributed by atoms with Crippen molar-refractivity contribution in [3.63, 3.8) is 0 Å². The van der Waals surface area contributed by atoms with Crippen molar-refractivity contribution in [3.8, 4) is 0 Å². The molecular weight excluding hydrogens is 397 g/mol. The van der Waals surface area contributed by atoms with E-state index in [1.54, 1.807) is 18.2 Å². The zero-order valence-electron chi connectivity index (χ0n) is 13.6. The van der Waals surface area contributed by atoms with Gasteiger partial charge in [-0.25, -0.2) is 8.78 Å². The number of carbonyl (C=O) groups is 1. The van der Waals surface area contributed by atoms with Gasteiger partial charge in [-0.1, -0.05) is 29.3 Å². The first-order valence-corrected chi connectivity index (χ1v) is 8.45. The molecule has 0 aliphatic carbocycles. The molecule has 0 saturated heterocycles. The molecule has 9 heteroatoms. The average Bonchev–Trinajstić information content (AvgIpc) is 2.62. The van der Waals surface area contributed by atoms with Crippen molar-refractivity contribution in [2.45, 2.75) is 6.42 Å². The zero-order chi connectivity index (χ0) is 19.4. The standard InChI is InChI=1S/C18H12Cl2F2N4O/c19-13-2-1-3-14(20)12(13)8-18(27)25-11-7-17(26-23-9-11)24-10-4-5-15(21)16(22)6-10/h1-7,9H,8H2,(H2,24,25,26,27). The Hall–Kier alpha value is -2.77. The number of nitrogens with one attached hydrogen (secondary N) is 2. The molecule has 0 aliphatic heterocycles. The third-order valence-corrected chi connectivity index (χ3v) is 4.24. The molecular formula is C18H12Cl2F2N4O. The topological polar surface area (TPSA) is 66.9 Å². The van der Waals surface area contributed by atoms with Crippen LogP contribution < -0.4 is 10.6 Å². The van der Waals surface area contributed by atoms with E-state index in [4.69, 9.17) is 23.2 Å². The zero-order valence-corrected chi connectivity index (χ0v) is 15.2. The van der Waals surface area contributed by atoms with E-state index in [0.717, 1.165) is 12.1 Å². The minimum Gasteiger partial charge on any atom is -0.339 e. The van der Waals surface area contributed by atoms with E-state index in [1.165, 1.54) is 18.3 Å².